The third-order valence-corrected chi connectivity index (χ3v) is 3.82. The molecule has 0 atom stereocenters. The molecule has 6 nitrogen and oxygen atoms in total. The Balaban J connectivity index is 1.93. The molecule has 0 spiro atoms. The average molecular weight is 305 g/mol. The first-order valence-electron chi connectivity index (χ1n) is 6.87. The fraction of sp³-hybridized carbons (Fsp3) is 0.357. The Hall–Kier alpha value is -2.02. The van der Waals surface area contributed by atoms with Gasteiger partial charge in [0.15, 0.2) is 5.82 Å². The predicted octanol–water partition coefficient (Wildman–Crippen LogP) is 1.67. The van der Waals surface area contributed by atoms with Crippen LogP contribution >= 0.6 is 11.8 Å². The van der Waals surface area contributed by atoms with Crippen LogP contribution in [-0.4, -0.2) is 33.1 Å². The summed E-state index contributed by atoms with van der Waals surface area (Å²) >= 11 is 1.28. The molecule has 0 aliphatic heterocycles. The molecule has 3 N–H and O–H groups in total. The molecule has 21 heavy (non-hydrogen) atoms. The van der Waals surface area contributed by atoms with Gasteiger partial charge >= 0.3 is 0 Å². The Kier molecular flexibility index (Phi) is 5.62. The molecule has 7 heteroatoms. The summed E-state index contributed by atoms with van der Waals surface area (Å²) in [6.45, 7) is 2.80. The molecule has 0 radical (unpaired) electrons. The van der Waals surface area contributed by atoms with E-state index in [-0.39, 0.29) is 11.7 Å². The molecule has 0 saturated heterocycles. The summed E-state index contributed by atoms with van der Waals surface area (Å²) in [5, 5.41) is 11.5. The SMILES string of the molecule is CCCCNC(=O)CSc1nnc(-c2ccccc2)n1N. The number of aromatic nitrogens is 3. The number of unbranched alkanes of at least 4 members (excludes halogenated alkanes) is 1. The number of thioether (sulfide) groups is 1. The lowest BCUT2D eigenvalue weighted by Crippen LogP contribution is -2.26. The first kappa shape index (κ1) is 15.4. The molecule has 112 valence electrons. The normalized spacial score (nSPS) is 10.5. The Bertz CT molecular complexity index is 584. The van der Waals surface area contributed by atoms with Crippen molar-refractivity contribution < 1.29 is 4.79 Å². The van der Waals surface area contributed by atoms with E-state index in [1.165, 1.54) is 16.4 Å². The average Bonchev–Trinajstić information content (AvgIpc) is 2.87. The second-order valence-corrected chi connectivity index (χ2v) is 5.48. The van der Waals surface area contributed by atoms with E-state index in [1.807, 2.05) is 30.3 Å². The highest BCUT2D eigenvalue weighted by atomic mass is 32.2. The number of carbonyl (C=O) groups is 1. The standard InChI is InChI=1S/C14H19N5OS/c1-2-3-9-16-12(20)10-21-14-18-17-13(19(14)15)11-7-5-4-6-8-11/h4-8H,2-3,9-10,15H2,1H3,(H,16,20). The maximum absolute atomic E-state index is 11.6. The highest BCUT2D eigenvalue weighted by molar-refractivity contribution is 7.99. The van der Waals surface area contributed by atoms with Gasteiger partial charge in [0.05, 0.1) is 5.75 Å². The number of carbonyl (C=O) groups excluding carboxylic acids is 1. The van der Waals surface area contributed by atoms with Crippen molar-refractivity contribution in [1.29, 1.82) is 0 Å². The van der Waals surface area contributed by atoms with Crippen LogP contribution in [0.4, 0.5) is 0 Å². The smallest absolute Gasteiger partial charge is 0.230 e. The Morgan fingerprint density at radius 3 is 2.81 bits per heavy atom. The minimum atomic E-state index is -0.0160. The molecule has 0 fully saturated rings. The van der Waals surface area contributed by atoms with Crippen LogP contribution in [0.5, 0.6) is 0 Å². The minimum Gasteiger partial charge on any atom is -0.355 e. The molecular formula is C14H19N5OS. The summed E-state index contributed by atoms with van der Waals surface area (Å²) in [5.74, 6) is 6.84. The van der Waals surface area contributed by atoms with E-state index in [1.54, 1.807) is 0 Å². The fourth-order valence-electron chi connectivity index (χ4n) is 1.75. The lowest BCUT2D eigenvalue weighted by molar-refractivity contribution is -0.118. The lowest BCUT2D eigenvalue weighted by atomic mass is 10.2. The molecule has 0 saturated carbocycles. The molecular weight excluding hydrogens is 286 g/mol. The molecule has 0 aliphatic carbocycles. The van der Waals surface area contributed by atoms with Gasteiger partial charge in [-0.1, -0.05) is 55.4 Å². The van der Waals surface area contributed by atoms with Crippen molar-refractivity contribution in [2.24, 2.45) is 0 Å². The monoisotopic (exact) mass is 305 g/mol. The van der Waals surface area contributed by atoms with E-state index in [0.717, 1.165) is 18.4 Å². The highest BCUT2D eigenvalue weighted by Gasteiger charge is 2.13. The Morgan fingerprint density at radius 1 is 1.33 bits per heavy atom. The number of hydrogen-bond acceptors (Lipinski definition) is 5. The molecule has 1 heterocycles. The van der Waals surface area contributed by atoms with Crippen LogP contribution in [0, 0.1) is 0 Å². The fourth-order valence-corrected chi connectivity index (χ4v) is 2.43. The first-order chi connectivity index (χ1) is 10.2. The van der Waals surface area contributed by atoms with E-state index >= 15 is 0 Å². The molecule has 0 unspecified atom stereocenters. The summed E-state index contributed by atoms with van der Waals surface area (Å²) in [6.07, 6.45) is 2.05. The van der Waals surface area contributed by atoms with Crippen molar-refractivity contribution in [2.75, 3.05) is 18.1 Å². The van der Waals surface area contributed by atoms with Gasteiger partial charge in [-0.05, 0) is 6.42 Å². The van der Waals surface area contributed by atoms with Crippen LogP contribution in [0.1, 0.15) is 19.8 Å². The third kappa shape index (κ3) is 4.22. The second kappa shape index (κ2) is 7.68. The van der Waals surface area contributed by atoms with Crippen molar-refractivity contribution in [1.82, 2.24) is 20.2 Å². The summed E-state index contributed by atoms with van der Waals surface area (Å²) in [7, 11) is 0. The van der Waals surface area contributed by atoms with E-state index in [0.29, 0.717) is 17.5 Å². The maximum atomic E-state index is 11.6. The van der Waals surface area contributed by atoms with Crippen LogP contribution in [0.3, 0.4) is 0 Å². The van der Waals surface area contributed by atoms with Crippen molar-refractivity contribution >= 4 is 17.7 Å². The van der Waals surface area contributed by atoms with Crippen molar-refractivity contribution in [2.45, 2.75) is 24.9 Å². The second-order valence-electron chi connectivity index (χ2n) is 4.53. The van der Waals surface area contributed by atoms with E-state index in [4.69, 9.17) is 5.84 Å². The van der Waals surface area contributed by atoms with Gasteiger partial charge in [0.2, 0.25) is 11.1 Å². The van der Waals surface area contributed by atoms with Gasteiger partial charge in [0.1, 0.15) is 0 Å². The third-order valence-electron chi connectivity index (χ3n) is 2.88. The van der Waals surface area contributed by atoms with E-state index < -0.39 is 0 Å². The Labute approximate surface area is 128 Å². The summed E-state index contributed by atoms with van der Waals surface area (Å²) in [5.41, 5.74) is 0.895. The zero-order chi connectivity index (χ0) is 15.1. The number of amides is 1. The summed E-state index contributed by atoms with van der Waals surface area (Å²) in [6, 6.07) is 9.59. The number of benzene rings is 1. The lowest BCUT2D eigenvalue weighted by Gasteiger charge is -2.04. The van der Waals surface area contributed by atoms with Crippen LogP contribution < -0.4 is 11.2 Å². The Morgan fingerprint density at radius 2 is 2.10 bits per heavy atom. The number of nitrogens with two attached hydrogens (primary N) is 1. The van der Waals surface area contributed by atoms with Gasteiger partial charge in [0, 0.05) is 12.1 Å². The number of rotatable bonds is 7. The van der Waals surface area contributed by atoms with Crippen LogP contribution in [0.2, 0.25) is 0 Å². The molecule has 1 aromatic heterocycles. The van der Waals surface area contributed by atoms with Gasteiger partial charge in [-0.2, -0.15) is 0 Å². The van der Waals surface area contributed by atoms with Crippen LogP contribution in [-0.2, 0) is 4.79 Å². The van der Waals surface area contributed by atoms with Gasteiger partial charge in [-0.15, -0.1) is 10.2 Å². The number of hydrogen-bond donors (Lipinski definition) is 2. The summed E-state index contributed by atoms with van der Waals surface area (Å²) < 4.78 is 1.42. The quantitative estimate of drug-likeness (QED) is 0.462. The topological polar surface area (TPSA) is 85.8 Å². The zero-order valence-corrected chi connectivity index (χ0v) is 12.8. The number of nitrogen functional groups attached to an aromatic ring is 1. The van der Waals surface area contributed by atoms with Gasteiger partial charge in [-0.3, -0.25) is 4.79 Å². The van der Waals surface area contributed by atoms with E-state index in [2.05, 4.69) is 22.4 Å². The largest absolute Gasteiger partial charge is 0.355 e. The molecule has 0 aliphatic rings. The molecule has 2 aromatic rings. The molecule has 2 rings (SSSR count). The maximum Gasteiger partial charge on any atom is 0.230 e. The molecule has 1 aromatic carbocycles. The van der Waals surface area contributed by atoms with E-state index in [9.17, 15) is 4.79 Å². The first-order valence-corrected chi connectivity index (χ1v) is 7.86. The highest BCUT2D eigenvalue weighted by Crippen LogP contribution is 2.20. The predicted molar refractivity (Wildman–Crippen MR) is 84.3 cm³/mol. The van der Waals surface area contributed by atoms with Crippen molar-refractivity contribution in [3.8, 4) is 11.4 Å². The number of nitrogens with one attached hydrogen (secondary N) is 1. The van der Waals surface area contributed by atoms with Crippen molar-refractivity contribution in [3.63, 3.8) is 0 Å². The molecule has 1 amide bonds. The van der Waals surface area contributed by atoms with Crippen LogP contribution in [0.15, 0.2) is 35.5 Å². The minimum absolute atomic E-state index is 0.0160. The zero-order valence-electron chi connectivity index (χ0n) is 12.0. The van der Waals surface area contributed by atoms with Crippen LogP contribution in [0.25, 0.3) is 11.4 Å². The number of nitrogens with zero attached hydrogens (tertiary/aromatic N) is 3. The summed E-state index contributed by atoms with van der Waals surface area (Å²) in [4.78, 5) is 11.6. The van der Waals surface area contributed by atoms with Gasteiger partial charge in [0.25, 0.3) is 0 Å². The van der Waals surface area contributed by atoms with Gasteiger partial charge in [-0.25, -0.2) is 4.68 Å². The molecule has 0 bridgehead atoms. The van der Waals surface area contributed by atoms with Crippen molar-refractivity contribution in [3.05, 3.63) is 30.3 Å². The van der Waals surface area contributed by atoms with Gasteiger partial charge < -0.3 is 11.2 Å².